The van der Waals surface area contributed by atoms with Crippen LogP contribution in [0.25, 0.3) is 21.7 Å². The molecule has 0 spiro atoms. The normalized spacial score (nSPS) is 11.2. The van der Waals surface area contributed by atoms with Crippen molar-refractivity contribution in [3.05, 3.63) is 71.0 Å². The molecular formula is C25H24ClN3O5. The quantitative estimate of drug-likeness (QED) is 0.213. The molecule has 0 amide bonds. The number of fused-ring (bicyclic) bond motifs is 3. The number of carboxylic acid groups (broad SMARTS) is 1. The van der Waals surface area contributed by atoms with Crippen molar-refractivity contribution in [1.29, 1.82) is 0 Å². The molecule has 0 saturated heterocycles. The number of pyridine rings is 2. The molecule has 2 aromatic heterocycles. The lowest BCUT2D eigenvalue weighted by Gasteiger charge is -2.15. The molecule has 8 nitrogen and oxygen atoms in total. The molecule has 4 aromatic rings. The predicted molar refractivity (Wildman–Crippen MR) is 131 cm³/mol. The Labute approximate surface area is 201 Å². The van der Waals surface area contributed by atoms with Gasteiger partial charge in [0.15, 0.2) is 0 Å². The SMILES string of the molecule is O=C(O)c1ccc2c(c1)nc(Nc1cccc(Cl)c1)c1ccnc(CCOCCOCCO)c12. The topological polar surface area (TPSA) is 114 Å². The van der Waals surface area contributed by atoms with E-state index in [-0.39, 0.29) is 18.8 Å². The van der Waals surface area contributed by atoms with Gasteiger partial charge in [-0.25, -0.2) is 9.78 Å². The van der Waals surface area contributed by atoms with E-state index in [1.807, 2.05) is 18.2 Å². The van der Waals surface area contributed by atoms with Gasteiger partial charge >= 0.3 is 5.97 Å². The first-order valence-corrected chi connectivity index (χ1v) is 11.2. The average Bonchev–Trinajstić information content (AvgIpc) is 2.83. The van der Waals surface area contributed by atoms with Crippen LogP contribution in [0, 0.1) is 0 Å². The molecule has 0 saturated carbocycles. The summed E-state index contributed by atoms with van der Waals surface area (Å²) >= 11 is 6.15. The smallest absolute Gasteiger partial charge is 0.335 e. The van der Waals surface area contributed by atoms with Gasteiger partial charge in [0.25, 0.3) is 0 Å². The number of nitrogens with one attached hydrogen (secondary N) is 1. The van der Waals surface area contributed by atoms with Crippen molar-refractivity contribution in [1.82, 2.24) is 9.97 Å². The Morgan fingerprint density at radius 2 is 1.82 bits per heavy atom. The predicted octanol–water partition coefficient (Wildman–Crippen LogP) is 4.45. The number of aromatic carboxylic acids is 1. The number of ether oxygens (including phenoxy) is 2. The first-order valence-electron chi connectivity index (χ1n) is 10.8. The van der Waals surface area contributed by atoms with E-state index in [1.165, 1.54) is 0 Å². The van der Waals surface area contributed by atoms with Crippen molar-refractivity contribution in [3.8, 4) is 0 Å². The zero-order chi connectivity index (χ0) is 23.9. The van der Waals surface area contributed by atoms with Crippen LogP contribution in [0.15, 0.2) is 54.7 Å². The fourth-order valence-corrected chi connectivity index (χ4v) is 3.89. The molecule has 0 aliphatic heterocycles. The van der Waals surface area contributed by atoms with Crippen LogP contribution in [0.2, 0.25) is 5.02 Å². The highest BCUT2D eigenvalue weighted by Crippen LogP contribution is 2.33. The van der Waals surface area contributed by atoms with Gasteiger partial charge in [0.05, 0.1) is 49.8 Å². The number of halogens is 1. The van der Waals surface area contributed by atoms with Crippen LogP contribution in [0.1, 0.15) is 16.1 Å². The Hall–Kier alpha value is -3.30. The number of aromatic nitrogens is 2. The maximum atomic E-state index is 11.5. The number of rotatable bonds is 11. The average molecular weight is 482 g/mol. The fraction of sp³-hybridized carbons (Fsp3) is 0.240. The highest BCUT2D eigenvalue weighted by atomic mass is 35.5. The van der Waals surface area contributed by atoms with E-state index in [2.05, 4.69) is 10.3 Å². The summed E-state index contributed by atoms with van der Waals surface area (Å²) in [5.74, 6) is -0.439. The second-order valence-electron chi connectivity index (χ2n) is 7.51. The van der Waals surface area contributed by atoms with Crippen LogP contribution in [0.4, 0.5) is 11.5 Å². The van der Waals surface area contributed by atoms with Crippen molar-refractivity contribution < 1.29 is 24.5 Å². The molecule has 3 N–H and O–H groups in total. The molecule has 0 fully saturated rings. The van der Waals surface area contributed by atoms with Gasteiger partial charge in [-0.3, -0.25) is 4.98 Å². The second-order valence-corrected chi connectivity index (χ2v) is 7.95. The number of aliphatic hydroxyl groups excluding tert-OH is 1. The second kappa shape index (κ2) is 11.2. The summed E-state index contributed by atoms with van der Waals surface area (Å²) in [6.07, 6.45) is 2.28. The summed E-state index contributed by atoms with van der Waals surface area (Å²) in [5, 5.41) is 24.7. The Bertz CT molecular complexity index is 1310. The Kier molecular flexibility index (Phi) is 7.87. The van der Waals surface area contributed by atoms with Gasteiger partial charge in [0, 0.05) is 39.5 Å². The molecule has 0 aliphatic carbocycles. The van der Waals surface area contributed by atoms with E-state index in [4.69, 9.17) is 31.2 Å². The van der Waals surface area contributed by atoms with Gasteiger partial charge < -0.3 is 25.0 Å². The molecule has 34 heavy (non-hydrogen) atoms. The van der Waals surface area contributed by atoms with Crippen LogP contribution < -0.4 is 5.32 Å². The fourth-order valence-electron chi connectivity index (χ4n) is 3.70. The van der Waals surface area contributed by atoms with Crippen molar-refractivity contribution in [2.24, 2.45) is 0 Å². The summed E-state index contributed by atoms with van der Waals surface area (Å²) in [6.45, 7) is 1.52. The van der Waals surface area contributed by atoms with Gasteiger partial charge in [0.2, 0.25) is 0 Å². The number of anilines is 2. The molecule has 9 heteroatoms. The van der Waals surface area contributed by atoms with Gasteiger partial charge in [-0.2, -0.15) is 0 Å². The van der Waals surface area contributed by atoms with Gasteiger partial charge in [-0.15, -0.1) is 0 Å². The minimum atomic E-state index is -1.02. The lowest BCUT2D eigenvalue weighted by atomic mass is 10.0. The first kappa shape index (κ1) is 23.8. The van der Waals surface area contributed by atoms with E-state index in [1.54, 1.807) is 36.5 Å². The zero-order valence-corrected chi connectivity index (χ0v) is 19.1. The number of carboxylic acids is 1. The Morgan fingerprint density at radius 3 is 2.59 bits per heavy atom. The van der Waals surface area contributed by atoms with Crippen molar-refractivity contribution >= 4 is 50.8 Å². The minimum Gasteiger partial charge on any atom is -0.478 e. The van der Waals surface area contributed by atoms with E-state index < -0.39 is 5.97 Å². The van der Waals surface area contributed by atoms with Crippen molar-refractivity contribution in [2.45, 2.75) is 6.42 Å². The standard InChI is InChI=1S/C25H24ClN3O5/c26-17-2-1-3-18(15-17)28-24-20-6-8-27-21(7-10-33-12-13-34-11-9-30)23(20)19-5-4-16(25(31)32)14-22(19)29-24/h1-6,8,14-15,30H,7,9-13H2,(H,28,29)(H,31,32). The number of carbonyl (C=O) groups is 1. The van der Waals surface area contributed by atoms with E-state index >= 15 is 0 Å². The van der Waals surface area contributed by atoms with E-state index in [0.717, 1.165) is 27.5 Å². The highest BCUT2D eigenvalue weighted by molar-refractivity contribution is 6.30. The highest BCUT2D eigenvalue weighted by Gasteiger charge is 2.15. The van der Waals surface area contributed by atoms with Crippen LogP contribution in [-0.4, -0.2) is 59.2 Å². The third-order valence-electron chi connectivity index (χ3n) is 5.21. The van der Waals surface area contributed by atoms with Crippen LogP contribution in [0.5, 0.6) is 0 Å². The van der Waals surface area contributed by atoms with Crippen LogP contribution in [0.3, 0.4) is 0 Å². The summed E-state index contributed by atoms with van der Waals surface area (Å²) in [4.78, 5) is 20.9. The van der Waals surface area contributed by atoms with E-state index in [0.29, 0.717) is 42.6 Å². The Morgan fingerprint density at radius 1 is 1.00 bits per heavy atom. The molecule has 176 valence electrons. The summed E-state index contributed by atoms with van der Waals surface area (Å²) < 4.78 is 10.9. The van der Waals surface area contributed by atoms with Gasteiger partial charge in [-0.05, 0) is 36.4 Å². The summed E-state index contributed by atoms with van der Waals surface area (Å²) in [6, 6.07) is 14.1. The van der Waals surface area contributed by atoms with Crippen molar-refractivity contribution in [2.75, 3.05) is 38.4 Å². The summed E-state index contributed by atoms with van der Waals surface area (Å²) in [7, 11) is 0. The number of aliphatic hydroxyl groups is 1. The molecule has 4 rings (SSSR count). The number of nitrogens with zero attached hydrogens (tertiary/aromatic N) is 2. The Balaban J connectivity index is 1.72. The zero-order valence-electron chi connectivity index (χ0n) is 18.3. The molecule has 0 aliphatic rings. The maximum Gasteiger partial charge on any atom is 0.335 e. The van der Waals surface area contributed by atoms with E-state index in [9.17, 15) is 9.90 Å². The summed E-state index contributed by atoms with van der Waals surface area (Å²) in [5.41, 5.74) is 2.28. The van der Waals surface area contributed by atoms with Crippen LogP contribution in [-0.2, 0) is 15.9 Å². The minimum absolute atomic E-state index is 0.0177. The largest absolute Gasteiger partial charge is 0.478 e. The number of hydrogen-bond acceptors (Lipinski definition) is 7. The molecular weight excluding hydrogens is 458 g/mol. The molecule has 2 heterocycles. The monoisotopic (exact) mass is 481 g/mol. The lowest BCUT2D eigenvalue weighted by molar-refractivity contribution is 0.0339. The van der Waals surface area contributed by atoms with Crippen LogP contribution >= 0.6 is 11.6 Å². The third-order valence-corrected chi connectivity index (χ3v) is 5.44. The maximum absolute atomic E-state index is 11.5. The molecule has 0 atom stereocenters. The number of hydrogen-bond donors (Lipinski definition) is 3. The molecule has 0 bridgehead atoms. The van der Waals surface area contributed by atoms with Gasteiger partial charge in [0.1, 0.15) is 5.82 Å². The molecule has 2 aromatic carbocycles. The first-order chi connectivity index (χ1) is 16.6. The van der Waals surface area contributed by atoms with Crippen molar-refractivity contribution in [3.63, 3.8) is 0 Å². The molecule has 0 unspecified atom stereocenters. The third kappa shape index (κ3) is 5.60. The molecule has 0 radical (unpaired) electrons. The number of benzene rings is 2. The van der Waals surface area contributed by atoms with Gasteiger partial charge in [-0.1, -0.05) is 23.7 Å². The lowest BCUT2D eigenvalue weighted by Crippen LogP contribution is -2.09.